The molecular weight excluding hydrogens is 314 g/mol. The van der Waals surface area contributed by atoms with Crippen LogP contribution in [0.25, 0.3) is 0 Å². The molecule has 2 heterocycles. The Morgan fingerprint density at radius 2 is 2.39 bits per heavy atom. The molecule has 0 aliphatic carbocycles. The number of nitrogens with zero attached hydrogens (tertiary/aromatic N) is 4. The minimum Gasteiger partial charge on any atom is -0.480 e. The molecule has 1 aliphatic heterocycles. The Kier molecular flexibility index (Phi) is 6.00. The van der Waals surface area contributed by atoms with Gasteiger partial charge in [-0.15, -0.1) is 0 Å². The van der Waals surface area contributed by atoms with Crippen LogP contribution < -0.4 is 5.43 Å². The lowest BCUT2D eigenvalue weighted by molar-refractivity contribution is -0.142. The largest absolute Gasteiger partial charge is 0.480 e. The van der Waals surface area contributed by atoms with Crippen molar-refractivity contribution in [2.24, 2.45) is 5.10 Å². The maximum Gasteiger partial charge on any atom is 0.320 e. The molecular formula is C15H21N5O2S. The quantitative estimate of drug-likeness (QED) is 0.470. The van der Waals surface area contributed by atoms with Gasteiger partial charge in [-0.05, 0) is 43.7 Å². The maximum absolute atomic E-state index is 11.2. The van der Waals surface area contributed by atoms with Gasteiger partial charge in [-0.1, -0.05) is 6.07 Å². The van der Waals surface area contributed by atoms with Gasteiger partial charge in [0, 0.05) is 20.6 Å². The van der Waals surface area contributed by atoms with E-state index in [2.05, 4.69) is 15.5 Å². The zero-order valence-corrected chi connectivity index (χ0v) is 14.1. The van der Waals surface area contributed by atoms with Crippen molar-refractivity contribution >= 4 is 29.5 Å². The third-order valence-corrected chi connectivity index (χ3v) is 4.06. The molecule has 23 heavy (non-hydrogen) atoms. The molecule has 0 unspecified atom stereocenters. The highest BCUT2D eigenvalue weighted by Gasteiger charge is 2.30. The molecule has 1 atom stereocenters. The monoisotopic (exact) mass is 335 g/mol. The SMILES string of the molecule is CN(C)C(=S)N/N=C/c1cccc(CN2CCC[C@H]2C(=O)O)n1. The first-order valence-electron chi connectivity index (χ1n) is 7.40. The highest BCUT2D eigenvalue weighted by molar-refractivity contribution is 7.80. The Balaban J connectivity index is 1.98. The number of aliphatic carboxylic acids is 1. The van der Waals surface area contributed by atoms with Crippen molar-refractivity contribution in [2.75, 3.05) is 20.6 Å². The van der Waals surface area contributed by atoms with Crippen LogP contribution in [0.4, 0.5) is 0 Å². The number of aromatic nitrogens is 1. The number of hydrogen-bond acceptors (Lipinski definition) is 5. The first-order valence-corrected chi connectivity index (χ1v) is 7.81. The summed E-state index contributed by atoms with van der Waals surface area (Å²) in [4.78, 5) is 19.4. The van der Waals surface area contributed by atoms with Gasteiger partial charge in [0.15, 0.2) is 5.11 Å². The normalized spacial score (nSPS) is 18.3. The van der Waals surface area contributed by atoms with Crippen LogP contribution in [0.15, 0.2) is 23.3 Å². The van der Waals surface area contributed by atoms with Crippen molar-refractivity contribution in [3.63, 3.8) is 0 Å². The zero-order chi connectivity index (χ0) is 16.8. The Labute approximate surface area is 141 Å². The molecule has 0 saturated carbocycles. The Hall–Kier alpha value is -2.06. The molecule has 1 saturated heterocycles. The van der Waals surface area contributed by atoms with Gasteiger partial charge >= 0.3 is 5.97 Å². The van der Waals surface area contributed by atoms with Gasteiger partial charge in [-0.2, -0.15) is 5.10 Å². The third-order valence-electron chi connectivity index (χ3n) is 3.61. The number of rotatable bonds is 5. The van der Waals surface area contributed by atoms with E-state index in [9.17, 15) is 9.90 Å². The Bertz CT molecular complexity index is 605. The van der Waals surface area contributed by atoms with Crippen molar-refractivity contribution in [1.29, 1.82) is 0 Å². The van der Waals surface area contributed by atoms with Gasteiger partial charge in [0.05, 0.1) is 17.6 Å². The van der Waals surface area contributed by atoms with E-state index in [1.807, 2.05) is 37.2 Å². The van der Waals surface area contributed by atoms with Crippen LogP contribution >= 0.6 is 12.2 Å². The molecule has 0 bridgehead atoms. The van der Waals surface area contributed by atoms with E-state index in [4.69, 9.17) is 12.2 Å². The van der Waals surface area contributed by atoms with Crippen LogP contribution in [-0.4, -0.2) is 63.9 Å². The number of carbonyl (C=O) groups is 1. The number of pyridine rings is 1. The standard InChI is InChI=1S/C15H21N5O2S/c1-19(2)15(23)18-16-9-11-5-3-6-12(17-11)10-20-8-4-7-13(20)14(21)22/h3,5-6,9,13H,4,7-8,10H2,1-2H3,(H,18,23)(H,21,22)/b16-9+/t13-/m0/s1. The second-order valence-corrected chi connectivity index (χ2v) is 5.98. The zero-order valence-electron chi connectivity index (χ0n) is 13.3. The molecule has 1 aromatic rings. The maximum atomic E-state index is 11.2. The third kappa shape index (κ3) is 4.97. The summed E-state index contributed by atoms with van der Waals surface area (Å²) in [6.07, 6.45) is 3.20. The van der Waals surface area contributed by atoms with Crippen molar-refractivity contribution in [3.05, 3.63) is 29.6 Å². The smallest absolute Gasteiger partial charge is 0.320 e. The second kappa shape index (κ2) is 7.98. The van der Waals surface area contributed by atoms with E-state index in [0.29, 0.717) is 23.8 Å². The number of thiocarbonyl (C=S) groups is 1. The van der Waals surface area contributed by atoms with E-state index in [1.54, 1.807) is 11.1 Å². The van der Waals surface area contributed by atoms with E-state index in [-0.39, 0.29) is 0 Å². The van der Waals surface area contributed by atoms with Crippen LogP contribution in [0, 0.1) is 0 Å². The molecule has 0 radical (unpaired) electrons. The van der Waals surface area contributed by atoms with E-state index >= 15 is 0 Å². The summed E-state index contributed by atoms with van der Waals surface area (Å²) in [5.74, 6) is -0.762. The van der Waals surface area contributed by atoms with Gasteiger partial charge in [0.2, 0.25) is 0 Å². The molecule has 124 valence electrons. The molecule has 7 nitrogen and oxygen atoms in total. The fourth-order valence-electron chi connectivity index (χ4n) is 2.41. The summed E-state index contributed by atoms with van der Waals surface area (Å²) >= 11 is 5.07. The van der Waals surface area contributed by atoms with Gasteiger partial charge in [-0.3, -0.25) is 20.1 Å². The molecule has 2 rings (SSSR count). The summed E-state index contributed by atoms with van der Waals surface area (Å²) in [5, 5.41) is 13.8. The first kappa shape index (κ1) is 17.3. The van der Waals surface area contributed by atoms with Crippen LogP contribution in [0.1, 0.15) is 24.2 Å². The molecule has 2 N–H and O–H groups in total. The highest BCUT2D eigenvalue weighted by atomic mass is 32.1. The number of nitrogens with one attached hydrogen (secondary N) is 1. The lowest BCUT2D eigenvalue weighted by Crippen LogP contribution is -2.35. The van der Waals surface area contributed by atoms with Crippen LogP contribution in [-0.2, 0) is 11.3 Å². The first-order chi connectivity index (χ1) is 11.0. The number of carboxylic acids is 1. The molecule has 0 amide bonds. The molecule has 0 aromatic carbocycles. The fourth-order valence-corrected chi connectivity index (χ4v) is 2.47. The van der Waals surface area contributed by atoms with E-state index in [1.165, 1.54) is 0 Å². The summed E-state index contributed by atoms with van der Waals surface area (Å²) in [6, 6.07) is 5.21. The molecule has 8 heteroatoms. The Morgan fingerprint density at radius 3 is 3.09 bits per heavy atom. The van der Waals surface area contributed by atoms with E-state index < -0.39 is 12.0 Å². The second-order valence-electron chi connectivity index (χ2n) is 5.59. The predicted octanol–water partition coefficient (Wildman–Crippen LogP) is 0.901. The van der Waals surface area contributed by atoms with Gasteiger partial charge in [0.1, 0.15) is 6.04 Å². The highest BCUT2D eigenvalue weighted by Crippen LogP contribution is 2.19. The van der Waals surface area contributed by atoms with Gasteiger partial charge < -0.3 is 10.0 Å². The Morgan fingerprint density at radius 1 is 1.61 bits per heavy atom. The molecule has 1 aliphatic rings. The minimum atomic E-state index is -0.762. The van der Waals surface area contributed by atoms with Crippen LogP contribution in [0.3, 0.4) is 0 Å². The summed E-state index contributed by atoms with van der Waals surface area (Å²) in [7, 11) is 3.66. The average Bonchev–Trinajstić information content (AvgIpc) is 2.95. The molecule has 0 spiro atoms. The van der Waals surface area contributed by atoms with Crippen molar-refractivity contribution in [3.8, 4) is 0 Å². The summed E-state index contributed by atoms with van der Waals surface area (Å²) in [5.41, 5.74) is 4.27. The average molecular weight is 335 g/mol. The summed E-state index contributed by atoms with van der Waals surface area (Å²) < 4.78 is 0. The van der Waals surface area contributed by atoms with Crippen LogP contribution in [0.5, 0.6) is 0 Å². The predicted molar refractivity (Wildman–Crippen MR) is 92.3 cm³/mol. The van der Waals surface area contributed by atoms with E-state index in [0.717, 1.165) is 18.7 Å². The lowest BCUT2D eigenvalue weighted by Gasteiger charge is -2.20. The van der Waals surface area contributed by atoms with Crippen molar-refractivity contribution in [2.45, 2.75) is 25.4 Å². The number of hydrogen-bond donors (Lipinski definition) is 2. The fraction of sp³-hybridized carbons (Fsp3) is 0.467. The number of carboxylic acid groups (broad SMARTS) is 1. The number of hydrazone groups is 1. The van der Waals surface area contributed by atoms with Gasteiger partial charge in [-0.25, -0.2) is 0 Å². The van der Waals surface area contributed by atoms with Gasteiger partial charge in [0.25, 0.3) is 0 Å². The topological polar surface area (TPSA) is 81.1 Å². The van der Waals surface area contributed by atoms with Crippen molar-refractivity contribution < 1.29 is 9.90 Å². The lowest BCUT2D eigenvalue weighted by atomic mass is 10.2. The van der Waals surface area contributed by atoms with Crippen LogP contribution in [0.2, 0.25) is 0 Å². The number of likely N-dealkylation sites (tertiary alicyclic amines) is 1. The van der Waals surface area contributed by atoms with Crippen molar-refractivity contribution in [1.82, 2.24) is 20.2 Å². The summed E-state index contributed by atoms with van der Waals surface area (Å²) in [6.45, 7) is 1.32. The minimum absolute atomic E-state index is 0.409. The molecule has 1 fully saturated rings. The molecule has 1 aromatic heterocycles.